The second-order valence-electron chi connectivity index (χ2n) is 2.60. The van der Waals surface area contributed by atoms with Gasteiger partial charge in [0.05, 0.1) is 0 Å². The fourth-order valence-corrected chi connectivity index (χ4v) is 4.22. The maximum Gasteiger partial charge on any atom is 0.0376 e. The lowest BCUT2D eigenvalue weighted by molar-refractivity contribution is 1.49. The van der Waals surface area contributed by atoms with E-state index >= 15 is 0 Å². The van der Waals surface area contributed by atoms with Crippen LogP contribution in [0.2, 0.25) is 0 Å². The van der Waals surface area contributed by atoms with Crippen LogP contribution in [-0.4, -0.2) is 6.26 Å². The van der Waals surface area contributed by atoms with E-state index in [9.17, 15) is 0 Å². The van der Waals surface area contributed by atoms with Gasteiger partial charge in [-0.25, -0.2) is 0 Å². The summed E-state index contributed by atoms with van der Waals surface area (Å²) in [4.78, 5) is 2.34. The number of thiophene rings is 1. The van der Waals surface area contributed by atoms with E-state index in [4.69, 9.17) is 0 Å². The first kappa shape index (κ1) is 9.90. The lowest BCUT2D eigenvalue weighted by atomic mass is 10.3. The molecule has 1 aromatic carbocycles. The summed E-state index contributed by atoms with van der Waals surface area (Å²) < 4.78 is 2.43. The van der Waals surface area contributed by atoms with Crippen molar-refractivity contribution in [2.24, 2.45) is 0 Å². The van der Waals surface area contributed by atoms with Crippen molar-refractivity contribution in [3.63, 3.8) is 0 Å². The fraction of sp³-hybridized carbons (Fsp3) is 0.111. The fourth-order valence-electron chi connectivity index (χ4n) is 1.20. The van der Waals surface area contributed by atoms with Gasteiger partial charge in [0.1, 0.15) is 0 Å². The molecule has 0 N–H and O–H groups in total. The standard InChI is InChI=1S/C9H7BrS3/c1-12-5-2-6(10)9-7(11)4-13-8(9)3-5/h2-4,11H,1H3. The molecule has 0 bridgehead atoms. The summed E-state index contributed by atoms with van der Waals surface area (Å²) in [5.74, 6) is 0. The molecule has 2 rings (SSSR count). The molecule has 1 aromatic heterocycles. The third-order valence-corrected chi connectivity index (χ3v) is 4.61. The highest BCUT2D eigenvalue weighted by Crippen LogP contribution is 2.37. The number of fused-ring (bicyclic) bond motifs is 1. The van der Waals surface area contributed by atoms with Gasteiger partial charge < -0.3 is 0 Å². The van der Waals surface area contributed by atoms with Crippen molar-refractivity contribution in [3.05, 3.63) is 22.0 Å². The maximum atomic E-state index is 4.41. The van der Waals surface area contributed by atoms with Crippen molar-refractivity contribution in [1.82, 2.24) is 0 Å². The number of halogens is 1. The third-order valence-electron chi connectivity index (χ3n) is 1.82. The van der Waals surface area contributed by atoms with Crippen LogP contribution in [0.25, 0.3) is 10.1 Å². The first-order valence-electron chi connectivity index (χ1n) is 3.66. The topological polar surface area (TPSA) is 0 Å². The first-order chi connectivity index (χ1) is 6.22. The summed E-state index contributed by atoms with van der Waals surface area (Å²) in [6, 6.07) is 4.34. The minimum absolute atomic E-state index is 1.06. The van der Waals surface area contributed by atoms with Crippen LogP contribution >= 0.6 is 51.7 Å². The van der Waals surface area contributed by atoms with Crippen molar-refractivity contribution in [2.75, 3.05) is 6.26 Å². The molecule has 0 saturated carbocycles. The molecule has 0 amide bonds. The van der Waals surface area contributed by atoms with Gasteiger partial charge in [0.25, 0.3) is 0 Å². The van der Waals surface area contributed by atoms with E-state index in [1.54, 1.807) is 23.1 Å². The van der Waals surface area contributed by atoms with Gasteiger partial charge in [-0.3, -0.25) is 0 Å². The van der Waals surface area contributed by atoms with E-state index < -0.39 is 0 Å². The SMILES string of the molecule is CSc1cc(Br)c2c(S)csc2c1. The largest absolute Gasteiger partial charge is 0.143 e. The molecule has 0 fully saturated rings. The number of benzene rings is 1. The molecule has 4 heteroatoms. The summed E-state index contributed by atoms with van der Waals surface area (Å²) >= 11 is 11.5. The zero-order chi connectivity index (χ0) is 9.42. The van der Waals surface area contributed by atoms with Crippen LogP contribution in [0.4, 0.5) is 0 Å². The molecule has 13 heavy (non-hydrogen) atoms. The Hall–Kier alpha value is 0.360. The monoisotopic (exact) mass is 290 g/mol. The molecule has 0 spiro atoms. The number of hydrogen-bond acceptors (Lipinski definition) is 3. The van der Waals surface area contributed by atoms with Crippen molar-refractivity contribution >= 4 is 61.7 Å². The molecule has 2 aromatic rings. The van der Waals surface area contributed by atoms with E-state index in [1.807, 2.05) is 0 Å². The summed E-state index contributed by atoms with van der Waals surface area (Å²) in [5.41, 5.74) is 0. The Morgan fingerprint density at radius 3 is 2.92 bits per heavy atom. The Bertz CT molecular complexity index is 447. The Balaban J connectivity index is 2.79. The molecule has 0 radical (unpaired) electrons. The molecule has 0 nitrogen and oxygen atoms in total. The Labute approximate surface area is 99.3 Å². The van der Waals surface area contributed by atoms with Gasteiger partial charge in [0, 0.05) is 29.7 Å². The van der Waals surface area contributed by atoms with Gasteiger partial charge in [0.15, 0.2) is 0 Å². The predicted octanol–water partition coefficient (Wildman–Crippen LogP) is 4.67. The number of thiol groups is 1. The summed E-state index contributed by atoms with van der Waals surface area (Å²) in [6.45, 7) is 0. The highest BCUT2D eigenvalue weighted by molar-refractivity contribution is 9.10. The van der Waals surface area contributed by atoms with Crippen molar-refractivity contribution in [1.29, 1.82) is 0 Å². The zero-order valence-corrected chi connectivity index (χ0v) is 11.0. The van der Waals surface area contributed by atoms with Gasteiger partial charge in [-0.05, 0) is 18.4 Å². The van der Waals surface area contributed by atoms with E-state index in [2.05, 4.69) is 52.3 Å². The van der Waals surface area contributed by atoms with E-state index in [0.717, 1.165) is 9.37 Å². The quantitative estimate of drug-likeness (QED) is 0.588. The van der Waals surface area contributed by atoms with Crippen LogP contribution in [0, 0.1) is 0 Å². The van der Waals surface area contributed by atoms with E-state index in [0.29, 0.717) is 0 Å². The highest BCUT2D eigenvalue weighted by Gasteiger charge is 2.06. The van der Waals surface area contributed by atoms with Crippen LogP contribution in [-0.2, 0) is 0 Å². The molecule has 0 aliphatic rings. The third kappa shape index (κ3) is 1.77. The highest BCUT2D eigenvalue weighted by atomic mass is 79.9. The van der Waals surface area contributed by atoms with Crippen LogP contribution in [0.5, 0.6) is 0 Å². The Kier molecular flexibility index (Phi) is 2.93. The summed E-state index contributed by atoms with van der Waals surface area (Å²) in [5, 5.41) is 3.30. The number of thioether (sulfide) groups is 1. The first-order valence-corrected chi connectivity index (χ1v) is 7.00. The molecule has 1 heterocycles. The smallest absolute Gasteiger partial charge is 0.0376 e. The van der Waals surface area contributed by atoms with E-state index in [1.165, 1.54) is 15.0 Å². The molecule has 0 aliphatic carbocycles. The Morgan fingerprint density at radius 1 is 1.46 bits per heavy atom. The van der Waals surface area contributed by atoms with Crippen molar-refractivity contribution in [2.45, 2.75) is 9.79 Å². The summed E-state index contributed by atoms with van der Waals surface area (Å²) in [6.07, 6.45) is 2.09. The molecular formula is C9H7BrS3. The molecule has 68 valence electrons. The second-order valence-corrected chi connectivity index (χ2v) is 5.73. The summed E-state index contributed by atoms with van der Waals surface area (Å²) in [7, 11) is 0. The molecule has 0 atom stereocenters. The lowest BCUT2D eigenvalue weighted by Crippen LogP contribution is -1.72. The predicted molar refractivity (Wildman–Crippen MR) is 68.6 cm³/mol. The molecule has 0 unspecified atom stereocenters. The zero-order valence-electron chi connectivity index (χ0n) is 6.87. The minimum Gasteiger partial charge on any atom is -0.143 e. The Morgan fingerprint density at radius 2 is 2.23 bits per heavy atom. The van der Waals surface area contributed by atoms with Gasteiger partial charge in [-0.1, -0.05) is 15.9 Å². The van der Waals surface area contributed by atoms with Gasteiger partial charge in [0.2, 0.25) is 0 Å². The van der Waals surface area contributed by atoms with Crippen molar-refractivity contribution < 1.29 is 0 Å². The van der Waals surface area contributed by atoms with Crippen LogP contribution in [0.3, 0.4) is 0 Å². The van der Waals surface area contributed by atoms with Crippen molar-refractivity contribution in [3.8, 4) is 0 Å². The average Bonchev–Trinajstić information content (AvgIpc) is 2.48. The van der Waals surface area contributed by atoms with Crippen LogP contribution < -0.4 is 0 Å². The average molecular weight is 291 g/mol. The van der Waals surface area contributed by atoms with Crippen LogP contribution in [0.15, 0.2) is 31.8 Å². The lowest BCUT2D eigenvalue weighted by Gasteiger charge is -2.00. The second kappa shape index (κ2) is 3.85. The number of hydrogen-bond donors (Lipinski definition) is 1. The maximum absolute atomic E-state index is 4.41. The molecule has 0 saturated heterocycles. The number of rotatable bonds is 1. The molecule has 0 aliphatic heterocycles. The van der Waals surface area contributed by atoms with Crippen LogP contribution in [0.1, 0.15) is 0 Å². The van der Waals surface area contributed by atoms with Gasteiger partial charge >= 0.3 is 0 Å². The normalized spacial score (nSPS) is 11.0. The van der Waals surface area contributed by atoms with Gasteiger partial charge in [-0.15, -0.1) is 35.7 Å². The van der Waals surface area contributed by atoms with Gasteiger partial charge in [-0.2, -0.15) is 0 Å². The van der Waals surface area contributed by atoms with E-state index in [-0.39, 0.29) is 0 Å². The minimum atomic E-state index is 1.06. The molecular weight excluding hydrogens is 284 g/mol.